The Morgan fingerprint density at radius 1 is 0.439 bits per heavy atom. The molecular formula is C56H110NO8P. The number of nitrogens with two attached hydrogens (primary N) is 1. The SMILES string of the molecule is CCCCCCCC/C=C\CCCCCCCCCC(=O)OC(COC(=O)CCCCCCCCCCCCCCCCCCCCCCCCCCCCCC)COP(=O)(O)OCCN. The van der Waals surface area contributed by atoms with Crippen molar-refractivity contribution < 1.29 is 37.6 Å². The van der Waals surface area contributed by atoms with E-state index in [9.17, 15) is 19.0 Å². The van der Waals surface area contributed by atoms with Crippen LogP contribution in [0.2, 0.25) is 0 Å². The first-order valence-corrected chi connectivity index (χ1v) is 30.2. The zero-order valence-electron chi connectivity index (χ0n) is 43.7. The molecule has 0 radical (unpaired) electrons. The van der Waals surface area contributed by atoms with Crippen LogP contribution in [0.25, 0.3) is 0 Å². The number of rotatable bonds is 55. The second kappa shape index (κ2) is 53.1. The molecule has 66 heavy (non-hydrogen) atoms. The van der Waals surface area contributed by atoms with E-state index < -0.39 is 26.5 Å². The monoisotopic (exact) mass is 956 g/mol. The van der Waals surface area contributed by atoms with E-state index >= 15 is 0 Å². The molecule has 0 spiro atoms. The van der Waals surface area contributed by atoms with E-state index in [0.717, 1.165) is 44.9 Å². The Bertz CT molecular complexity index is 1090. The Kier molecular flexibility index (Phi) is 52.1. The molecule has 3 N–H and O–H groups in total. The maximum Gasteiger partial charge on any atom is 0.472 e. The summed E-state index contributed by atoms with van der Waals surface area (Å²) in [6.45, 7) is 3.79. The number of esters is 2. The fraction of sp³-hybridized carbons (Fsp3) is 0.929. The molecule has 0 aliphatic rings. The van der Waals surface area contributed by atoms with Crippen molar-refractivity contribution >= 4 is 19.8 Å². The lowest BCUT2D eigenvalue weighted by Gasteiger charge is -2.19. The summed E-state index contributed by atoms with van der Waals surface area (Å²) in [5.41, 5.74) is 5.38. The van der Waals surface area contributed by atoms with Gasteiger partial charge in [-0.05, 0) is 38.5 Å². The van der Waals surface area contributed by atoms with Gasteiger partial charge in [-0.3, -0.25) is 18.6 Å². The average Bonchev–Trinajstić information content (AvgIpc) is 3.31. The number of hydrogen-bond acceptors (Lipinski definition) is 8. The van der Waals surface area contributed by atoms with Gasteiger partial charge in [-0.2, -0.15) is 0 Å². The Morgan fingerprint density at radius 3 is 1.08 bits per heavy atom. The highest BCUT2D eigenvalue weighted by atomic mass is 31.2. The maximum atomic E-state index is 12.7. The van der Waals surface area contributed by atoms with Crippen LogP contribution in [0.4, 0.5) is 0 Å². The van der Waals surface area contributed by atoms with Crippen molar-refractivity contribution in [1.29, 1.82) is 0 Å². The van der Waals surface area contributed by atoms with Gasteiger partial charge in [0, 0.05) is 19.4 Å². The van der Waals surface area contributed by atoms with Crippen LogP contribution in [-0.2, 0) is 32.7 Å². The fourth-order valence-electron chi connectivity index (χ4n) is 8.63. The van der Waals surface area contributed by atoms with E-state index in [2.05, 4.69) is 26.0 Å². The van der Waals surface area contributed by atoms with Crippen LogP contribution in [0.5, 0.6) is 0 Å². The summed E-state index contributed by atoms with van der Waals surface area (Å²) in [7, 11) is -4.38. The lowest BCUT2D eigenvalue weighted by atomic mass is 10.0. The van der Waals surface area contributed by atoms with Crippen LogP contribution < -0.4 is 5.73 Å². The third-order valence-electron chi connectivity index (χ3n) is 12.9. The Labute approximate surface area is 409 Å². The molecule has 0 rings (SSSR count). The van der Waals surface area contributed by atoms with Gasteiger partial charge in [0.15, 0.2) is 6.10 Å². The molecule has 0 aliphatic carbocycles. The van der Waals surface area contributed by atoms with Crippen molar-refractivity contribution in [2.45, 2.75) is 309 Å². The minimum Gasteiger partial charge on any atom is -0.462 e. The molecule has 0 amide bonds. The van der Waals surface area contributed by atoms with Gasteiger partial charge in [0.2, 0.25) is 0 Å². The van der Waals surface area contributed by atoms with Crippen LogP contribution in [0, 0.1) is 0 Å². The van der Waals surface area contributed by atoms with Gasteiger partial charge in [-0.1, -0.05) is 264 Å². The summed E-state index contributed by atoms with van der Waals surface area (Å²) in [5, 5.41) is 0. The Balaban J connectivity index is 3.88. The molecule has 0 aliphatic heterocycles. The molecule has 0 saturated heterocycles. The van der Waals surface area contributed by atoms with Gasteiger partial charge in [-0.25, -0.2) is 4.57 Å². The normalized spacial score (nSPS) is 13.1. The van der Waals surface area contributed by atoms with E-state index in [4.69, 9.17) is 24.3 Å². The van der Waals surface area contributed by atoms with Crippen LogP contribution in [-0.4, -0.2) is 49.3 Å². The summed E-state index contributed by atoms with van der Waals surface area (Å²) >= 11 is 0. The number of phosphoric ester groups is 1. The molecule has 0 saturated carbocycles. The minimum absolute atomic E-state index is 0.0559. The van der Waals surface area contributed by atoms with Crippen molar-refractivity contribution in [2.75, 3.05) is 26.4 Å². The quantitative estimate of drug-likeness (QED) is 0.0264. The minimum atomic E-state index is -4.38. The maximum absolute atomic E-state index is 12.7. The van der Waals surface area contributed by atoms with Crippen molar-refractivity contribution in [3.63, 3.8) is 0 Å². The molecule has 0 fully saturated rings. The van der Waals surface area contributed by atoms with Gasteiger partial charge < -0.3 is 20.1 Å². The molecule has 0 heterocycles. The predicted molar refractivity (Wildman–Crippen MR) is 280 cm³/mol. The van der Waals surface area contributed by atoms with Crippen LogP contribution in [0.15, 0.2) is 12.2 Å². The number of hydrogen-bond donors (Lipinski definition) is 2. The topological polar surface area (TPSA) is 134 Å². The summed E-state index contributed by atoms with van der Waals surface area (Å²) in [6.07, 6.45) is 59.9. The first-order valence-electron chi connectivity index (χ1n) is 28.7. The lowest BCUT2D eigenvalue weighted by molar-refractivity contribution is -0.161. The van der Waals surface area contributed by atoms with E-state index in [1.54, 1.807) is 0 Å². The zero-order chi connectivity index (χ0) is 48.1. The first kappa shape index (κ1) is 64.8. The molecule has 2 unspecified atom stereocenters. The van der Waals surface area contributed by atoms with Gasteiger partial charge >= 0.3 is 19.8 Å². The second-order valence-electron chi connectivity index (χ2n) is 19.5. The third kappa shape index (κ3) is 52.1. The molecule has 2 atom stereocenters. The molecule has 0 aromatic carbocycles. The van der Waals surface area contributed by atoms with Crippen molar-refractivity contribution in [3.05, 3.63) is 12.2 Å². The summed E-state index contributed by atoms with van der Waals surface area (Å²) in [6, 6.07) is 0. The Morgan fingerprint density at radius 2 is 0.742 bits per heavy atom. The smallest absolute Gasteiger partial charge is 0.462 e. The van der Waals surface area contributed by atoms with Gasteiger partial charge in [0.25, 0.3) is 0 Å². The largest absolute Gasteiger partial charge is 0.472 e. The second-order valence-corrected chi connectivity index (χ2v) is 21.0. The highest BCUT2D eigenvalue weighted by molar-refractivity contribution is 7.47. The molecule has 0 aromatic heterocycles. The number of unbranched alkanes of at least 4 members (excludes halogenated alkanes) is 40. The standard InChI is InChI=1S/C56H110NO8P/c1-3-5-7-9-11-13-15-17-19-21-22-23-24-25-26-27-28-29-30-31-33-34-36-38-40-42-44-46-48-55(58)62-52-54(53-64-66(60,61)63-51-50-57)65-56(59)49-47-45-43-41-39-37-35-32-20-18-16-14-12-10-8-6-4-2/h18,20,54H,3-17,19,21-53,57H2,1-2H3,(H,60,61)/b20-18-. The fourth-order valence-corrected chi connectivity index (χ4v) is 9.40. The number of ether oxygens (including phenoxy) is 2. The highest BCUT2D eigenvalue weighted by Gasteiger charge is 2.26. The highest BCUT2D eigenvalue weighted by Crippen LogP contribution is 2.43. The van der Waals surface area contributed by atoms with Crippen molar-refractivity contribution in [2.24, 2.45) is 5.73 Å². The van der Waals surface area contributed by atoms with Crippen LogP contribution in [0.3, 0.4) is 0 Å². The molecular weight excluding hydrogens is 846 g/mol. The van der Waals surface area contributed by atoms with E-state index in [1.807, 2.05) is 0 Å². The predicted octanol–water partition coefficient (Wildman–Crippen LogP) is 17.7. The summed E-state index contributed by atoms with van der Waals surface area (Å²) < 4.78 is 33.0. The van der Waals surface area contributed by atoms with Gasteiger partial charge in [-0.15, -0.1) is 0 Å². The summed E-state index contributed by atoms with van der Waals surface area (Å²) in [5.74, 6) is -0.814. The van der Waals surface area contributed by atoms with E-state index in [0.29, 0.717) is 6.42 Å². The molecule has 392 valence electrons. The molecule has 0 bridgehead atoms. The third-order valence-corrected chi connectivity index (χ3v) is 13.9. The van der Waals surface area contributed by atoms with Gasteiger partial charge in [0.05, 0.1) is 13.2 Å². The van der Waals surface area contributed by atoms with Crippen LogP contribution in [0.1, 0.15) is 303 Å². The van der Waals surface area contributed by atoms with Crippen molar-refractivity contribution in [3.8, 4) is 0 Å². The van der Waals surface area contributed by atoms with Crippen LogP contribution >= 0.6 is 7.82 Å². The Hall–Kier alpha value is -1.25. The van der Waals surface area contributed by atoms with E-state index in [1.165, 1.54) is 225 Å². The zero-order valence-corrected chi connectivity index (χ0v) is 44.6. The van der Waals surface area contributed by atoms with Crippen molar-refractivity contribution in [1.82, 2.24) is 0 Å². The number of phosphoric acid groups is 1. The molecule has 0 aromatic rings. The van der Waals surface area contributed by atoms with E-state index in [-0.39, 0.29) is 38.6 Å². The lowest BCUT2D eigenvalue weighted by Crippen LogP contribution is -2.29. The molecule has 10 heteroatoms. The molecule has 9 nitrogen and oxygen atoms in total. The number of allylic oxidation sites excluding steroid dienone is 2. The average molecular weight is 956 g/mol. The van der Waals surface area contributed by atoms with Gasteiger partial charge in [0.1, 0.15) is 6.61 Å². The summed E-state index contributed by atoms with van der Waals surface area (Å²) in [4.78, 5) is 35.1. The first-order chi connectivity index (χ1) is 32.3. The number of carbonyl (C=O) groups excluding carboxylic acids is 2. The number of carbonyl (C=O) groups is 2.